The smallest absolute Gasteiger partial charge is 0.184 e. The zero-order chi connectivity index (χ0) is 14.3. The molecule has 106 valence electrons. The number of sulfone groups is 1. The fourth-order valence-electron chi connectivity index (χ4n) is 2.96. The predicted octanol–water partition coefficient (Wildman–Crippen LogP) is 2.55. The molecule has 0 spiro atoms. The third-order valence-electron chi connectivity index (χ3n) is 3.81. The van der Waals surface area contributed by atoms with E-state index in [-0.39, 0.29) is 12.5 Å². The highest BCUT2D eigenvalue weighted by atomic mass is 32.2. The van der Waals surface area contributed by atoms with Gasteiger partial charge in [0.2, 0.25) is 0 Å². The zero-order valence-electron chi connectivity index (χ0n) is 11.8. The Labute approximate surface area is 116 Å². The Hall–Kier alpha value is -0.653. The van der Waals surface area contributed by atoms with Crippen LogP contribution in [0.15, 0.2) is 35.2 Å². The lowest BCUT2D eigenvalue weighted by atomic mass is 10.3. The molecule has 19 heavy (non-hydrogen) atoms. The molecular formula is C14H22O3SSi. The normalized spacial score (nSPS) is 27.3. The molecular weight excluding hydrogens is 276 g/mol. The summed E-state index contributed by atoms with van der Waals surface area (Å²) in [6.45, 7) is 6.52. The van der Waals surface area contributed by atoms with Crippen molar-refractivity contribution < 1.29 is 13.5 Å². The molecule has 3 nitrogen and oxygen atoms in total. The largest absolute Gasteiger partial charge is 0.396 e. The number of rotatable bonds is 5. The van der Waals surface area contributed by atoms with Crippen LogP contribution in [0.25, 0.3) is 0 Å². The van der Waals surface area contributed by atoms with Crippen molar-refractivity contribution in [3.63, 3.8) is 0 Å². The van der Waals surface area contributed by atoms with Crippen molar-refractivity contribution >= 4 is 17.9 Å². The Morgan fingerprint density at radius 1 is 1.26 bits per heavy atom. The van der Waals surface area contributed by atoms with Gasteiger partial charge in [0.1, 0.15) is 0 Å². The van der Waals surface area contributed by atoms with Gasteiger partial charge >= 0.3 is 0 Å². The van der Waals surface area contributed by atoms with Gasteiger partial charge in [0.25, 0.3) is 0 Å². The Balaban J connectivity index is 2.42. The molecule has 1 saturated carbocycles. The molecule has 0 bridgehead atoms. The molecule has 0 amide bonds. The number of aliphatic hydroxyl groups excluding tert-OH is 1. The van der Waals surface area contributed by atoms with Crippen LogP contribution >= 0.6 is 0 Å². The first-order valence-electron chi connectivity index (χ1n) is 6.63. The van der Waals surface area contributed by atoms with E-state index in [2.05, 4.69) is 19.6 Å². The van der Waals surface area contributed by atoms with Crippen molar-refractivity contribution in [2.45, 2.75) is 41.7 Å². The number of hydrogen-bond acceptors (Lipinski definition) is 3. The van der Waals surface area contributed by atoms with Gasteiger partial charge < -0.3 is 5.11 Å². The third-order valence-corrected chi connectivity index (χ3v) is 8.37. The van der Waals surface area contributed by atoms with Crippen molar-refractivity contribution in [3.8, 4) is 0 Å². The summed E-state index contributed by atoms with van der Waals surface area (Å²) in [4.78, 5) is 0.393. The van der Waals surface area contributed by atoms with E-state index < -0.39 is 22.7 Å². The van der Waals surface area contributed by atoms with Crippen LogP contribution in [0.2, 0.25) is 25.7 Å². The van der Waals surface area contributed by atoms with Crippen LogP contribution in [-0.2, 0) is 9.84 Å². The Kier molecular flexibility index (Phi) is 3.66. The lowest BCUT2D eigenvalue weighted by molar-refractivity contribution is 0.271. The molecule has 1 aromatic carbocycles. The molecule has 1 aromatic rings. The Morgan fingerprint density at radius 2 is 1.84 bits per heavy atom. The van der Waals surface area contributed by atoms with Gasteiger partial charge in [0, 0.05) is 20.6 Å². The van der Waals surface area contributed by atoms with Crippen LogP contribution in [0.1, 0.15) is 6.42 Å². The molecule has 1 aliphatic rings. The van der Waals surface area contributed by atoms with E-state index in [1.54, 1.807) is 24.3 Å². The molecule has 0 heterocycles. The maximum atomic E-state index is 12.9. The molecule has 0 aliphatic heterocycles. The molecule has 0 aromatic heterocycles. The minimum absolute atomic E-state index is 0.0312. The van der Waals surface area contributed by atoms with Crippen LogP contribution in [0.3, 0.4) is 0 Å². The molecule has 0 saturated heterocycles. The first kappa shape index (κ1) is 14.7. The molecule has 1 N–H and O–H groups in total. The molecule has 1 aliphatic carbocycles. The topological polar surface area (TPSA) is 54.4 Å². The van der Waals surface area contributed by atoms with Crippen molar-refractivity contribution in [1.82, 2.24) is 0 Å². The summed E-state index contributed by atoms with van der Waals surface area (Å²) in [7, 11) is -4.87. The average molecular weight is 298 g/mol. The standard InChI is InChI=1S/C14H22O3SSi/c1-19(2,3)11-14(9-12(14)10-15)18(16,17)13-7-5-4-6-8-13/h4-8,12,15H,9-11H2,1-3H3. The molecule has 1 fully saturated rings. The third kappa shape index (κ3) is 2.64. The van der Waals surface area contributed by atoms with Gasteiger partial charge in [-0.05, 0) is 24.6 Å². The first-order chi connectivity index (χ1) is 8.73. The summed E-state index contributed by atoms with van der Waals surface area (Å²) in [6, 6.07) is 9.38. The summed E-state index contributed by atoms with van der Waals surface area (Å²) in [5.41, 5.74) is 0. The highest BCUT2D eigenvalue weighted by Crippen LogP contribution is 2.56. The van der Waals surface area contributed by atoms with Gasteiger partial charge in [-0.2, -0.15) is 0 Å². The Bertz CT molecular complexity index is 548. The number of aliphatic hydroxyl groups is 1. The highest BCUT2D eigenvalue weighted by molar-refractivity contribution is 7.93. The van der Waals surface area contributed by atoms with Crippen LogP contribution in [0, 0.1) is 5.92 Å². The van der Waals surface area contributed by atoms with Gasteiger partial charge in [-0.3, -0.25) is 0 Å². The van der Waals surface area contributed by atoms with Crippen LogP contribution in [-0.4, -0.2) is 33.0 Å². The summed E-state index contributed by atoms with van der Waals surface area (Å²) in [5.74, 6) is -0.0931. The molecule has 5 heteroatoms. The van der Waals surface area contributed by atoms with Crippen molar-refractivity contribution in [3.05, 3.63) is 30.3 Å². The summed E-state index contributed by atoms with van der Waals surface area (Å²) in [5, 5.41) is 9.40. The quantitative estimate of drug-likeness (QED) is 0.850. The second-order valence-corrected chi connectivity index (χ2v) is 14.5. The Morgan fingerprint density at radius 3 is 2.26 bits per heavy atom. The van der Waals surface area contributed by atoms with E-state index in [4.69, 9.17) is 0 Å². The van der Waals surface area contributed by atoms with E-state index in [0.717, 1.165) is 6.04 Å². The van der Waals surface area contributed by atoms with E-state index in [0.29, 0.717) is 11.3 Å². The van der Waals surface area contributed by atoms with E-state index in [1.165, 1.54) is 0 Å². The van der Waals surface area contributed by atoms with Crippen LogP contribution < -0.4 is 0 Å². The lowest BCUT2D eigenvalue weighted by Gasteiger charge is -2.25. The molecule has 2 rings (SSSR count). The molecule has 0 radical (unpaired) electrons. The van der Waals surface area contributed by atoms with Gasteiger partial charge in [-0.1, -0.05) is 37.8 Å². The second-order valence-electron chi connectivity index (χ2n) is 6.70. The monoisotopic (exact) mass is 298 g/mol. The van der Waals surface area contributed by atoms with Crippen LogP contribution in [0.4, 0.5) is 0 Å². The van der Waals surface area contributed by atoms with Crippen LogP contribution in [0.5, 0.6) is 0 Å². The minimum atomic E-state index is -3.35. The average Bonchev–Trinajstić information content (AvgIpc) is 3.03. The zero-order valence-corrected chi connectivity index (χ0v) is 13.6. The van der Waals surface area contributed by atoms with Crippen molar-refractivity contribution in [2.75, 3.05) is 6.61 Å². The maximum absolute atomic E-state index is 12.9. The fraction of sp³-hybridized carbons (Fsp3) is 0.571. The lowest BCUT2D eigenvalue weighted by Crippen LogP contribution is -2.36. The molecule has 2 unspecified atom stereocenters. The SMILES string of the molecule is C[Si](C)(C)CC1(S(=O)(=O)c2ccccc2)CC1CO. The number of hydrogen-bond donors (Lipinski definition) is 1. The minimum Gasteiger partial charge on any atom is -0.396 e. The summed E-state index contributed by atoms with van der Waals surface area (Å²) < 4.78 is 25.0. The van der Waals surface area contributed by atoms with Crippen molar-refractivity contribution in [1.29, 1.82) is 0 Å². The summed E-state index contributed by atoms with van der Waals surface area (Å²) in [6.07, 6.45) is 0.602. The van der Waals surface area contributed by atoms with Gasteiger partial charge in [0.15, 0.2) is 9.84 Å². The molecule has 2 atom stereocenters. The predicted molar refractivity (Wildman–Crippen MR) is 79.7 cm³/mol. The fourth-order valence-corrected chi connectivity index (χ4v) is 9.17. The van der Waals surface area contributed by atoms with E-state index in [9.17, 15) is 13.5 Å². The van der Waals surface area contributed by atoms with Gasteiger partial charge in [0.05, 0.1) is 9.64 Å². The van der Waals surface area contributed by atoms with E-state index in [1.807, 2.05) is 6.07 Å². The van der Waals surface area contributed by atoms with Gasteiger partial charge in [-0.15, -0.1) is 0 Å². The second kappa shape index (κ2) is 4.72. The summed E-state index contributed by atoms with van der Waals surface area (Å²) >= 11 is 0. The van der Waals surface area contributed by atoms with Crippen molar-refractivity contribution in [2.24, 2.45) is 5.92 Å². The highest BCUT2D eigenvalue weighted by Gasteiger charge is 2.64. The van der Waals surface area contributed by atoms with E-state index >= 15 is 0 Å². The first-order valence-corrected chi connectivity index (χ1v) is 11.8. The van der Waals surface area contributed by atoms with Gasteiger partial charge in [-0.25, -0.2) is 8.42 Å². The number of benzene rings is 1. The maximum Gasteiger partial charge on any atom is 0.184 e.